The van der Waals surface area contributed by atoms with E-state index in [1.165, 1.54) is 30.3 Å². The van der Waals surface area contributed by atoms with Gasteiger partial charge in [-0.05, 0) is 49.2 Å². The highest BCUT2D eigenvalue weighted by Crippen LogP contribution is 2.37. The molecular formula is C29H31N3O6. The molecular weight excluding hydrogens is 486 g/mol. The summed E-state index contributed by atoms with van der Waals surface area (Å²) in [4.78, 5) is 13.5. The topological polar surface area (TPSA) is 138 Å². The second-order valence-corrected chi connectivity index (χ2v) is 8.77. The standard InChI is InChI=1S/C29H31N3O6/c1-3-5-13-37-19-8-11-22(25(35)16-19)28-30-27(21-10-7-18(33)15-24(21)34)31-29(32-28)23-12-9-20(17-26(23)36)38-14-6-4-2/h7-12,15-17,33-36H,3-6,13-14H2,1-2H3. The van der Waals surface area contributed by atoms with E-state index in [0.29, 0.717) is 35.8 Å². The van der Waals surface area contributed by atoms with Crippen molar-refractivity contribution in [3.63, 3.8) is 0 Å². The van der Waals surface area contributed by atoms with Crippen LogP contribution in [-0.4, -0.2) is 48.6 Å². The first-order chi connectivity index (χ1) is 18.4. The van der Waals surface area contributed by atoms with E-state index < -0.39 is 0 Å². The Hall–Kier alpha value is -4.53. The number of phenolic OH excluding ortho intramolecular Hbond substituents is 4. The molecule has 0 aliphatic heterocycles. The van der Waals surface area contributed by atoms with Crippen LogP contribution >= 0.6 is 0 Å². The zero-order valence-electron chi connectivity index (χ0n) is 21.4. The monoisotopic (exact) mass is 517 g/mol. The van der Waals surface area contributed by atoms with Crippen molar-refractivity contribution in [2.75, 3.05) is 13.2 Å². The van der Waals surface area contributed by atoms with Gasteiger partial charge in [-0.25, -0.2) is 15.0 Å². The second-order valence-electron chi connectivity index (χ2n) is 8.77. The summed E-state index contributed by atoms with van der Waals surface area (Å²) in [6.07, 6.45) is 3.77. The Bertz CT molecular complexity index is 1330. The van der Waals surface area contributed by atoms with E-state index in [-0.39, 0.29) is 46.0 Å². The van der Waals surface area contributed by atoms with Gasteiger partial charge in [0, 0.05) is 18.2 Å². The van der Waals surface area contributed by atoms with E-state index in [2.05, 4.69) is 28.8 Å². The molecule has 0 aliphatic carbocycles. The maximum atomic E-state index is 10.8. The first kappa shape index (κ1) is 26.5. The molecule has 0 radical (unpaired) electrons. The molecule has 4 N–H and O–H groups in total. The molecule has 1 heterocycles. The van der Waals surface area contributed by atoms with Crippen LogP contribution < -0.4 is 9.47 Å². The summed E-state index contributed by atoms with van der Waals surface area (Å²) in [6.45, 7) is 5.20. The van der Waals surface area contributed by atoms with Gasteiger partial charge < -0.3 is 29.9 Å². The van der Waals surface area contributed by atoms with Crippen LogP contribution in [0.1, 0.15) is 39.5 Å². The predicted octanol–water partition coefficient (Wildman–Crippen LogP) is 6.05. The molecule has 0 aliphatic rings. The van der Waals surface area contributed by atoms with Crippen molar-refractivity contribution in [3.8, 4) is 68.7 Å². The Kier molecular flexibility index (Phi) is 8.47. The van der Waals surface area contributed by atoms with Crippen LogP contribution in [0.25, 0.3) is 34.2 Å². The number of phenols is 4. The van der Waals surface area contributed by atoms with Crippen LogP contribution in [0.3, 0.4) is 0 Å². The van der Waals surface area contributed by atoms with Gasteiger partial charge in [0.2, 0.25) is 0 Å². The van der Waals surface area contributed by atoms with Gasteiger partial charge in [-0.1, -0.05) is 26.7 Å². The minimum absolute atomic E-state index is 0.0906. The third kappa shape index (κ3) is 6.23. The fraction of sp³-hybridized carbons (Fsp3) is 0.276. The van der Waals surface area contributed by atoms with E-state index in [0.717, 1.165) is 25.7 Å². The molecule has 9 nitrogen and oxygen atoms in total. The highest BCUT2D eigenvalue weighted by Gasteiger charge is 2.19. The number of hydrogen-bond acceptors (Lipinski definition) is 9. The quantitative estimate of drug-likeness (QED) is 0.175. The summed E-state index contributed by atoms with van der Waals surface area (Å²) in [5.41, 5.74) is 0.871. The molecule has 0 unspecified atom stereocenters. The number of aromatic hydroxyl groups is 4. The Labute approximate surface area is 221 Å². The lowest BCUT2D eigenvalue weighted by Crippen LogP contribution is -2.02. The summed E-state index contributed by atoms with van der Waals surface area (Å²) in [5.74, 6) is 0.822. The minimum Gasteiger partial charge on any atom is -0.508 e. The Balaban J connectivity index is 1.79. The lowest BCUT2D eigenvalue weighted by atomic mass is 10.1. The Morgan fingerprint density at radius 2 is 0.947 bits per heavy atom. The number of aromatic nitrogens is 3. The van der Waals surface area contributed by atoms with Crippen molar-refractivity contribution in [2.45, 2.75) is 39.5 Å². The summed E-state index contributed by atoms with van der Waals surface area (Å²) in [7, 11) is 0. The molecule has 0 saturated carbocycles. The zero-order chi connectivity index (χ0) is 27.1. The van der Waals surface area contributed by atoms with Crippen molar-refractivity contribution in [1.82, 2.24) is 15.0 Å². The van der Waals surface area contributed by atoms with E-state index in [1.54, 1.807) is 24.3 Å². The van der Waals surface area contributed by atoms with Gasteiger partial charge in [-0.3, -0.25) is 0 Å². The van der Waals surface area contributed by atoms with Crippen LogP contribution in [0.4, 0.5) is 0 Å². The van der Waals surface area contributed by atoms with E-state index in [9.17, 15) is 20.4 Å². The third-order valence-electron chi connectivity index (χ3n) is 5.81. The molecule has 38 heavy (non-hydrogen) atoms. The smallest absolute Gasteiger partial charge is 0.167 e. The van der Waals surface area contributed by atoms with Gasteiger partial charge in [-0.2, -0.15) is 0 Å². The average Bonchev–Trinajstić information content (AvgIpc) is 2.89. The number of ether oxygens (including phenoxy) is 2. The van der Waals surface area contributed by atoms with Gasteiger partial charge in [-0.15, -0.1) is 0 Å². The van der Waals surface area contributed by atoms with Gasteiger partial charge in [0.1, 0.15) is 34.5 Å². The highest BCUT2D eigenvalue weighted by molar-refractivity contribution is 5.74. The van der Waals surface area contributed by atoms with Crippen LogP contribution in [0.2, 0.25) is 0 Å². The maximum absolute atomic E-state index is 10.8. The minimum atomic E-state index is -0.235. The zero-order valence-corrected chi connectivity index (χ0v) is 21.4. The molecule has 0 fully saturated rings. The average molecular weight is 518 g/mol. The number of unbranched alkanes of at least 4 members (excludes halogenated alkanes) is 2. The highest BCUT2D eigenvalue weighted by atomic mass is 16.5. The normalized spacial score (nSPS) is 10.9. The molecule has 198 valence electrons. The number of nitrogens with zero attached hydrogens (tertiary/aromatic N) is 3. The molecule has 4 aromatic rings. The van der Waals surface area contributed by atoms with Gasteiger partial charge >= 0.3 is 0 Å². The summed E-state index contributed by atoms with van der Waals surface area (Å²) < 4.78 is 11.4. The number of benzene rings is 3. The third-order valence-corrected chi connectivity index (χ3v) is 5.81. The summed E-state index contributed by atoms with van der Waals surface area (Å²) in [5, 5.41) is 41.7. The molecule has 0 atom stereocenters. The largest absolute Gasteiger partial charge is 0.508 e. The number of rotatable bonds is 11. The molecule has 0 bridgehead atoms. The SMILES string of the molecule is CCCCOc1ccc(-c2nc(-c3ccc(O)cc3O)nc(-c3ccc(OCCCC)cc3O)n2)c(O)c1. The second kappa shape index (κ2) is 12.1. The van der Waals surface area contributed by atoms with Crippen molar-refractivity contribution in [2.24, 2.45) is 0 Å². The van der Waals surface area contributed by atoms with Crippen LogP contribution in [0, 0.1) is 0 Å². The Morgan fingerprint density at radius 1 is 0.553 bits per heavy atom. The van der Waals surface area contributed by atoms with E-state index in [1.807, 2.05) is 0 Å². The fourth-order valence-electron chi connectivity index (χ4n) is 3.70. The van der Waals surface area contributed by atoms with Gasteiger partial charge in [0.15, 0.2) is 17.5 Å². The molecule has 3 aromatic carbocycles. The van der Waals surface area contributed by atoms with Gasteiger partial charge in [0.05, 0.1) is 29.9 Å². The molecule has 9 heteroatoms. The van der Waals surface area contributed by atoms with Crippen molar-refractivity contribution < 1.29 is 29.9 Å². The van der Waals surface area contributed by atoms with Gasteiger partial charge in [0.25, 0.3) is 0 Å². The lowest BCUT2D eigenvalue weighted by molar-refractivity contribution is 0.307. The summed E-state index contributed by atoms with van der Waals surface area (Å²) in [6, 6.07) is 13.7. The molecule has 0 saturated heterocycles. The first-order valence-electron chi connectivity index (χ1n) is 12.6. The van der Waals surface area contributed by atoms with Crippen molar-refractivity contribution >= 4 is 0 Å². The Morgan fingerprint density at radius 3 is 1.32 bits per heavy atom. The van der Waals surface area contributed by atoms with E-state index in [4.69, 9.17) is 9.47 Å². The van der Waals surface area contributed by atoms with Crippen LogP contribution in [-0.2, 0) is 0 Å². The molecule has 0 spiro atoms. The van der Waals surface area contributed by atoms with Crippen molar-refractivity contribution in [3.05, 3.63) is 54.6 Å². The summed E-state index contributed by atoms with van der Waals surface area (Å²) >= 11 is 0. The first-order valence-corrected chi connectivity index (χ1v) is 12.6. The van der Waals surface area contributed by atoms with E-state index >= 15 is 0 Å². The van der Waals surface area contributed by atoms with Crippen LogP contribution in [0.15, 0.2) is 54.6 Å². The maximum Gasteiger partial charge on any atom is 0.167 e. The molecule has 4 rings (SSSR count). The number of hydrogen-bond donors (Lipinski definition) is 4. The van der Waals surface area contributed by atoms with Crippen molar-refractivity contribution in [1.29, 1.82) is 0 Å². The predicted molar refractivity (Wildman–Crippen MR) is 144 cm³/mol. The van der Waals surface area contributed by atoms with Crippen LogP contribution in [0.5, 0.6) is 34.5 Å². The fourth-order valence-corrected chi connectivity index (χ4v) is 3.70. The molecule has 0 amide bonds. The lowest BCUT2D eigenvalue weighted by Gasteiger charge is -2.13. The molecule has 1 aromatic heterocycles.